The van der Waals surface area contributed by atoms with E-state index in [9.17, 15) is 4.79 Å². The van der Waals surface area contributed by atoms with Crippen molar-refractivity contribution in [1.29, 1.82) is 0 Å². The van der Waals surface area contributed by atoms with Crippen LogP contribution < -0.4 is 0 Å². The Kier molecular flexibility index (Phi) is 4.88. The van der Waals surface area contributed by atoms with Crippen LogP contribution in [0.5, 0.6) is 0 Å². The maximum Gasteiger partial charge on any atom is 0.168 e. The molecule has 1 aromatic carbocycles. The Labute approximate surface area is 128 Å². The molecule has 1 saturated carbocycles. The van der Waals surface area contributed by atoms with Crippen molar-refractivity contribution in [2.45, 2.75) is 65.4 Å². The van der Waals surface area contributed by atoms with E-state index in [4.69, 9.17) is 4.74 Å². The first kappa shape index (κ1) is 16.2. The number of ketones is 1. The van der Waals surface area contributed by atoms with Crippen molar-refractivity contribution < 1.29 is 9.53 Å². The van der Waals surface area contributed by atoms with Crippen LogP contribution in [0, 0.1) is 26.7 Å². The van der Waals surface area contributed by atoms with E-state index in [1.54, 1.807) is 7.11 Å². The molecule has 21 heavy (non-hydrogen) atoms. The summed E-state index contributed by atoms with van der Waals surface area (Å²) in [6.07, 6.45) is 4.54. The van der Waals surface area contributed by atoms with Crippen molar-refractivity contribution in [2.24, 2.45) is 5.92 Å². The average molecular weight is 288 g/mol. The van der Waals surface area contributed by atoms with Gasteiger partial charge in [-0.3, -0.25) is 4.79 Å². The van der Waals surface area contributed by atoms with E-state index in [1.807, 2.05) is 0 Å². The van der Waals surface area contributed by atoms with Crippen LogP contribution in [0.4, 0.5) is 0 Å². The highest BCUT2D eigenvalue weighted by Gasteiger charge is 2.41. The van der Waals surface area contributed by atoms with Crippen LogP contribution in [0.15, 0.2) is 12.1 Å². The fraction of sp³-hybridized carbons (Fsp3) is 0.632. The fourth-order valence-electron chi connectivity index (χ4n) is 3.87. The maximum atomic E-state index is 12.9. The Balaban J connectivity index is 2.24. The van der Waals surface area contributed by atoms with Crippen molar-refractivity contribution >= 4 is 5.78 Å². The number of rotatable bonds is 4. The zero-order valence-corrected chi connectivity index (χ0v) is 14.1. The van der Waals surface area contributed by atoms with Crippen LogP contribution in [0.2, 0.25) is 0 Å². The molecule has 2 unspecified atom stereocenters. The third-order valence-electron chi connectivity index (χ3n) is 5.03. The number of methoxy groups -OCH3 is 1. The molecule has 2 atom stereocenters. The van der Waals surface area contributed by atoms with Gasteiger partial charge in [0.15, 0.2) is 5.78 Å². The van der Waals surface area contributed by atoms with Crippen LogP contribution >= 0.6 is 0 Å². The van der Waals surface area contributed by atoms with Crippen LogP contribution in [0.3, 0.4) is 0 Å². The molecule has 1 aliphatic carbocycles. The number of aryl methyl sites for hydroxylation is 3. The summed E-state index contributed by atoms with van der Waals surface area (Å²) in [6, 6.07) is 4.33. The van der Waals surface area contributed by atoms with Crippen molar-refractivity contribution in [1.82, 2.24) is 0 Å². The van der Waals surface area contributed by atoms with Gasteiger partial charge in [0.2, 0.25) is 0 Å². The highest BCUT2D eigenvalue weighted by Crippen LogP contribution is 2.36. The summed E-state index contributed by atoms with van der Waals surface area (Å²) in [6.45, 7) is 8.53. The van der Waals surface area contributed by atoms with Crippen molar-refractivity contribution in [3.05, 3.63) is 34.4 Å². The monoisotopic (exact) mass is 288 g/mol. The fourth-order valence-corrected chi connectivity index (χ4v) is 3.87. The van der Waals surface area contributed by atoms with Crippen LogP contribution in [-0.4, -0.2) is 18.5 Å². The molecular weight excluding hydrogens is 260 g/mol. The van der Waals surface area contributed by atoms with Gasteiger partial charge < -0.3 is 4.74 Å². The summed E-state index contributed by atoms with van der Waals surface area (Å²) >= 11 is 0. The van der Waals surface area contributed by atoms with Gasteiger partial charge in [-0.05, 0) is 62.6 Å². The van der Waals surface area contributed by atoms with E-state index in [0.29, 0.717) is 12.3 Å². The molecule has 116 valence electrons. The molecule has 1 aliphatic rings. The van der Waals surface area contributed by atoms with Crippen LogP contribution in [-0.2, 0) is 16.0 Å². The molecule has 1 fully saturated rings. The largest absolute Gasteiger partial charge is 0.370 e. The zero-order chi connectivity index (χ0) is 15.6. The summed E-state index contributed by atoms with van der Waals surface area (Å²) in [5.41, 5.74) is 4.32. The van der Waals surface area contributed by atoms with Crippen molar-refractivity contribution in [3.8, 4) is 0 Å². The number of hydrogen-bond acceptors (Lipinski definition) is 2. The van der Waals surface area contributed by atoms with E-state index >= 15 is 0 Å². The van der Waals surface area contributed by atoms with Gasteiger partial charge in [-0.1, -0.05) is 31.0 Å². The lowest BCUT2D eigenvalue weighted by molar-refractivity contribution is -0.146. The molecule has 2 nitrogen and oxygen atoms in total. The maximum absolute atomic E-state index is 12.9. The van der Waals surface area contributed by atoms with E-state index in [0.717, 1.165) is 19.3 Å². The minimum absolute atomic E-state index is 0.256. The summed E-state index contributed by atoms with van der Waals surface area (Å²) in [5.74, 6) is 0.828. The first-order valence-corrected chi connectivity index (χ1v) is 8.03. The van der Waals surface area contributed by atoms with Gasteiger partial charge >= 0.3 is 0 Å². The zero-order valence-electron chi connectivity index (χ0n) is 14.1. The summed E-state index contributed by atoms with van der Waals surface area (Å²) in [7, 11) is 1.70. The first-order valence-electron chi connectivity index (χ1n) is 8.03. The average Bonchev–Trinajstić information content (AvgIpc) is 2.42. The summed E-state index contributed by atoms with van der Waals surface area (Å²) in [5, 5.41) is 0. The lowest BCUT2D eigenvalue weighted by Gasteiger charge is -2.37. The minimum atomic E-state index is -0.554. The first-order chi connectivity index (χ1) is 9.88. The molecule has 0 heterocycles. The molecule has 0 N–H and O–H groups in total. The molecule has 0 amide bonds. The number of carbonyl (C=O) groups excluding carboxylic acids is 1. The van der Waals surface area contributed by atoms with Crippen LogP contribution in [0.1, 0.15) is 54.9 Å². The molecule has 2 rings (SSSR count). The molecule has 2 heteroatoms. The van der Waals surface area contributed by atoms with Gasteiger partial charge in [0.05, 0.1) is 0 Å². The van der Waals surface area contributed by atoms with Gasteiger partial charge in [0, 0.05) is 13.5 Å². The van der Waals surface area contributed by atoms with Gasteiger partial charge in [-0.25, -0.2) is 0 Å². The third kappa shape index (κ3) is 3.37. The molecular formula is C19H28O2. The lowest BCUT2D eigenvalue weighted by Crippen LogP contribution is -2.45. The van der Waals surface area contributed by atoms with Gasteiger partial charge in [0.1, 0.15) is 5.60 Å². The number of Topliss-reactive ketones (excluding diaryl/α,β-unsaturated/α-hetero) is 1. The third-order valence-corrected chi connectivity index (χ3v) is 5.03. The Morgan fingerprint density at radius 3 is 2.43 bits per heavy atom. The molecule has 0 radical (unpaired) electrons. The van der Waals surface area contributed by atoms with Gasteiger partial charge in [-0.15, -0.1) is 0 Å². The predicted octanol–water partition coefficient (Wildman–Crippen LogP) is 4.32. The molecule has 1 aromatic rings. The second-order valence-electron chi connectivity index (χ2n) is 6.88. The summed E-state index contributed by atoms with van der Waals surface area (Å²) in [4.78, 5) is 12.9. The Morgan fingerprint density at radius 1 is 1.29 bits per heavy atom. The normalized spacial score (nSPS) is 25.9. The van der Waals surface area contributed by atoms with E-state index in [-0.39, 0.29) is 5.78 Å². The van der Waals surface area contributed by atoms with Crippen LogP contribution in [0.25, 0.3) is 0 Å². The molecule has 0 aliphatic heterocycles. The molecule has 0 spiro atoms. The highest BCUT2D eigenvalue weighted by molar-refractivity contribution is 5.89. The minimum Gasteiger partial charge on any atom is -0.370 e. The number of benzene rings is 1. The smallest absolute Gasteiger partial charge is 0.168 e. The van der Waals surface area contributed by atoms with E-state index in [2.05, 4.69) is 39.8 Å². The Bertz CT molecular complexity index is 509. The van der Waals surface area contributed by atoms with E-state index in [1.165, 1.54) is 28.7 Å². The Hall–Kier alpha value is -1.15. The second kappa shape index (κ2) is 6.31. The standard InChI is InChI=1S/C19H28O2/c1-13-7-6-8-19(12-13,21-5)18(20)11-17-15(3)9-14(2)10-16(17)4/h9-10,13H,6-8,11-12H2,1-5H3. The van der Waals surface area contributed by atoms with Crippen molar-refractivity contribution in [3.63, 3.8) is 0 Å². The molecule has 0 bridgehead atoms. The second-order valence-corrected chi connectivity index (χ2v) is 6.88. The van der Waals surface area contributed by atoms with Gasteiger partial charge in [-0.2, -0.15) is 0 Å². The van der Waals surface area contributed by atoms with Crippen molar-refractivity contribution in [2.75, 3.05) is 7.11 Å². The van der Waals surface area contributed by atoms with E-state index < -0.39 is 5.60 Å². The Morgan fingerprint density at radius 2 is 1.90 bits per heavy atom. The SMILES string of the molecule is COC1(C(=O)Cc2c(C)cc(C)cc2C)CCCC(C)C1. The number of carbonyl (C=O) groups is 1. The molecule has 0 aromatic heterocycles. The summed E-state index contributed by atoms with van der Waals surface area (Å²) < 4.78 is 5.74. The quantitative estimate of drug-likeness (QED) is 0.825. The predicted molar refractivity (Wildman–Crippen MR) is 86.7 cm³/mol. The van der Waals surface area contributed by atoms with Gasteiger partial charge in [0.25, 0.3) is 0 Å². The number of hydrogen-bond donors (Lipinski definition) is 0. The highest BCUT2D eigenvalue weighted by atomic mass is 16.5. The number of ether oxygens (including phenoxy) is 1. The molecule has 0 saturated heterocycles. The topological polar surface area (TPSA) is 26.3 Å². The lowest BCUT2D eigenvalue weighted by atomic mass is 9.74.